The van der Waals surface area contributed by atoms with Crippen molar-refractivity contribution < 1.29 is 32.7 Å². The van der Waals surface area contributed by atoms with Crippen molar-refractivity contribution in [1.29, 1.82) is 0 Å². The third-order valence-corrected chi connectivity index (χ3v) is 8.96. The van der Waals surface area contributed by atoms with Gasteiger partial charge in [0.05, 0.1) is 35.9 Å². The summed E-state index contributed by atoms with van der Waals surface area (Å²) >= 11 is 0. The molecule has 1 aliphatic carbocycles. The van der Waals surface area contributed by atoms with Gasteiger partial charge in [-0.15, -0.1) is 0 Å². The first-order valence-electron chi connectivity index (χ1n) is 14.4. The van der Waals surface area contributed by atoms with E-state index in [1.165, 1.54) is 13.3 Å². The average molecular weight is 608 g/mol. The molecule has 0 unspecified atom stereocenters. The maximum atomic E-state index is 13.5. The molecule has 4 aromatic rings. The van der Waals surface area contributed by atoms with Crippen molar-refractivity contribution in [1.82, 2.24) is 24.7 Å². The summed E-state index contributed by atoms with van der Waals surface area (Å²) in [6, 6.07) is 9.29. The Hall–Kier alpha value is -4.59. The first kappa shape index (κ1) is 28.2. The molecule has 1 spiro atoms. The number of amides is 2. The number of alkyl halides is 2. The number of nitrogens with one attached hydrogen (secondary N) is 1. The van der Waals surface area contributed by atoms with Gasteiger partial charge in [-0.25, -0.2) is 18.1 Å². The number of hydrogen-bond acceptors (Lipinski definition) is 9. The number of anilines is 2. The van der Waals surface area contributed by atoms with Crippen molar-refractivity contribution in [3.63, 3.8) is 0 Å². The third-order valence-electron chi connectivity index (χ3n) is 8.96. The van der Waals surface area contributed by atoms with Crippen molar-refractivity contribution in [3.8, 4) is 11.4 Å². The zero-order valence-corrected chi connectivity index (χ0v) is 24.2. The van der Waals surface area contributed by atoms with Gasteiger partial charge in [0.2, 0.25) is 18.1 Å². The fourth-order valence-corrected chi connectivity index (χ4v) is 6.80. The summed E-state index contributed by atoms with van der Waals surface area (Å²) < 4.78 is 37.4. The maximum Gasteiger partial charge on any atom is 0.409 e. The number of halogens is 2. The Morgan fingerprint density at radius 3 is 2.70 bits per heavy atom. The van der Waals surface area contributed by atoms with Crippen molar-refractivity contribution in [3.05, 3.63) is 59.7 Å². The van der Waals surface area contributed by atoms with Crippen molar-refractivity contribution in [2.75, 3.05) is 43.5 Å². The molecule has 7 rings (SSSR count). The van der Waals surface area contributed by atoms with Crippen molar-refractivity contribution in [2.24, 2.45) is 5.41 Å². The van der Waals surface area contributed by atoms with Crippen LogP contribution in [-0.4, -0.2) is 87.1 Å². The topological polar surface area (TPSA) is 138 Å². The lowest BCUT2D eigenvalue weighted by Gasteiger charge is -2.63. The Morgan fingerprint density at radius 2 is 1.98 bits per heavy atom. The van der Waals surface area contributed by atoms with Crippen LogP contribution in [0.1, 0.15) is 47.0 Å². The first-order chi connectivity index (χ1) is 21.0. The Labute approximate surface area is 250 Å². The second-order valence-electron chi connectivity index (χ2n) is 12.3. The lowest BCUT2D eigenvalue weighted by molar-refractivity contribution is -0.161. The molecule has 3 aromatic heterocycles. The Bertz CT molecular complexity index is 1750. The Balaban J connectivity index is 1.03. The number of aromatic nitrogens is 4. The summed E-state index contributed by atoms with van der Waals surface area (Å²) in [5.41, 5.74) is 2.59. The van der Waals surface area contributed by atoms with Crippen LogP contribution in [0.2, 0.25) is 0 Å². The highest BCUT2D eigenvalue weighted by Gasteiger charge is 2.60. The van der Waals surface area contributed by atoms with E-state index >= 15 is 0 Å². The van der Waals surface area contributed by atoms with Gasteiger partial charge < -0.3 is 29.5 Å². The number of nitrogens with zero attached hydrogens (tertiary/aromatic N) is 6. The minimum Gasteiger partial charge on any atom is -0.453 e. The van der Waals surface area contributed by atoms with Crippen LogP contribution in [0.5, 0.6) is 0 Å². The lowest BCUT2D eigenvalue weighted by Crippen LogP contribution is -2.68. The number of methoxy groups -OCH3 is 1. The summed E-state index contributed by atoms with van der Waals surface area (Å²) in [7, 11) is 1.34. The van der Waals surface area contributed by atoms with E-state index in [9.17, 15) is 23.5 Å². The lowest BCUT2D eigenvalue weighted by atomic mass is 9.54. The highest BCUT2D eigenvalue weighted by Crippen LogP contribution is 2.56. The molecule has 2 aliphatic heterocycles. The fourth-order valence-electron chi connectivity index (χ4n) is 6.80. The average Bonchev–Trinajstić information content (AvgIpc) is 3.57. The molecule has 14 heteroatoms. The zero-order chi connectivity index (χ0) is 30.8. The summed E-state index contributed by atoms with van der Waals surface area (Å²) in [6.07, 6.45) is 0.665. The zero-order valence-electron chi connectivity index (χ0n) is 24.2. The number of carbonyl (C=O) groups is 2. The Kier molecular flexibility index (Phi) is 6.57. The fraction of sp³-hybridized carbons (Fsp3) is 0.433. The highest BCUT2D eigenvalue weighted by molar-refractivity contribution is 6.09. The molecular formula is C30H31F2N7O5. The molecule has 5 heterocycles. The number of rotatable bonds is 7. The van der Waals surface area contributed by atoms with E-state index in [1.807, 2.05) is 31.2 Å². The van der Waals surface area contributed by atoms with Gasteiger partial charge in [-0.2, -0.15) is 10.1 Å². The van der Waals surface area contributed by atoms with Crippen LogP contribution in [0.15, 0.2) is 47.2 Å². The predicted molar refractivity (Wildman–Crippen MR) is 154 cm³/mol. The largest absolute Gasteiger partial charge is 0.453 e. The smallest absolute Gasteiger partial charge is 0.409 e. The Morgan fingerprint density at radius 1 is 1.20 bits per heavy atom. The van der Waals surface area contributed by atoms with Crippen molar-refractivity contribution in [2.45, 2.75) is 44.1 Å². The van der Waals surface area contributed by atoms with Gasteiger partial charge in [-0.1, -0.05) is 17.3 Å². The van der Waals surface area contributed by atoms with E-state index in [-0.39, 0.29) is 17.2 Å². The van der Waals surface area contributed by atoms with Crippen molar-refractivity contribution >= 4 is 28.9 Å². The van der Waals surface area contributed by atoms with Crippen LogP contribution in [0.4, 0.5) is 25.0 Å². The van der Waals surface area contributed by atoms with E-state index in [4.69, 9.17) is 9.26 Å². The number of fused-ring (bicyclic) bond motifs is 1. The molecule has 1 aromatic carbocycles. The van der Waals surface area contributed by atoms with E-state index in [0.29, 0.717) is 73.1 Å². The molecule has 44 heavy (non-hydrogen) atoms. The number of aryl methyl sites for hydroxylation is 1. The van der Waals surface area contributed by atoms with Crippen LogP contribution < -0.4 is 10.2 Å². The monoisotopic (exact) mass is 607 g/mol. The molecule has 2 N–H and O–H groups in total. The van der Waals surface area contributed by atoms with Gasteiger partial charge in [-0.05, 0) is 43.5 Å². The molecular weight excluding hydrogens is 576 g/mol. The molecule has 0 bridgehead atoms. The summed E-state index contributed by atoms with van der Waals surface area (Å²) in [4.78, 5) is 33.3. The van der Waals surface area contributed by atoms with Crippen LogP contribution >= 0.6 is 0 Å². The molecule has 230 valence electrons. The molecule has 3 fully saturated rings. The second-order valence-corrected chi connectivity index (χ2v) is 12.3. The molecule has 12 nitrogen and oxygen atoms in total. The number of aliphatic hydroxyl groups is 1. The first-order valence-corrected chi connectivity index (χ1v) is 14.4. The molecule has 3 aliphatic rings. The van der Waals surface area contributed by atoms with Crippen LogP contribution in [-0.2, 0) is 4.74 Å². The van der Waals surface area contributed by atoms with Crippen LogP contribution in [0.25, 0.3) is 16.9 Å². The minimum atomic E-state index is -2.51. The second kappa shape index (κ2) is 10.3. The molecule has 0 atom stereocenters. The van der Waals surface area contributed by atoms with Gasteiger partial charge in [0.25, 0.3) is 5.91 Å². The minimum absolute atomic E-state index is 0.0651. The van der Waals surface area contributed by atoms with Gasteiger partial charge in [-0.3, -0.25) is 4.79 Å². The SMILES string of the molecule is COC(=O)N1CC(c2nc(-c3ccc(C)c(NC(=O)c4cnn5ccc(N6CC7(C6)CC(O)(CC(F)F)C7)cc45)c3)no2)C1. The molecule has 2 saturated heterocycles. The van der Waals surface area contributed by atoms with E-state index in [1.54, 1.807) is 21.7 Å². The number of ether oxygens (including phenoxy) is 1. The molecule has 0 radical (unpaired) electrons. The van der Waals surface area contributed by atoms with E-state index in [2.05, 4.69) is 25.5 Å². The molecule has 2 amide bonds. The number of pyridine rings is 1. The summed E-state index contributed by atoms with van der Waals surface area (Å²) in [5.74, 6) is 0.409. The normalized spacial score (nSPS) is 18.7. The van der Waals surface area contributed by atoms with E-state index in [0.717, 1.165) is 11.3 Å². The quantitative estimate of drug-likeness (QED) is 0.318. The van der Waals surface area contributed by atoms with E-state index < -0.39 is 24.5 Å². The predicted octanol–water partition coefficient (Wildman–Crippen LogP) is 4.10. The summed E-state index contributed by atoms with van der Waals surface area (Å²) in [5, 5.41) is 21.8. The highest BCUT2D eigenvalue weighted by atomic mass is 19.3. The van der Waals surface area contributed by atoms with Gasteiger partial charge in [0, 0.05) is 61.1 Å². The standard InChI is InChI=1S/C30H31F2N7O5/c1-17-3-4-18(25-35-27(44-36-25)19-11-37(12-19)28(41)43-2)7-22(17)34-26(40)21-10-33-39-6-5-20(8-23(21)39)38-15-29(16-38)13-30(42,14-29)9-24(31)32/h3-8,10,19,24,42H,9,11-16H2,1-2H3,(H,34,40). The van der Waals surface area contributed by atoms with Gasteiger partial charge in [0.15, 0.2) is 0 Å². The number of benzene rings is 1. The summed E-state index contributed by atoms with van der Waals surface area (Å²) in [6.45, 7) is 4.09. The van der Waals surface area contributed by atoms with Crippen LogP contribution in [0.3, 0.4) is 0 Å². The third kappa shape index (κ3) is 4.92. The van der Waals surface area contributed by atoms with Gasteiger partial charge >= 0.3 is 6.09 Å². The van der Waals surface area contributed by atoms with Gasteiger partial charge in [0.1, 0.15) is 0 Å². The number of likely N-dealkylation sites (tertiary alicyclic amines) is 1. The maximum absolute atomic E-state index is 13.5. The molecule has 1 saturated carbocycles. The number of hydrogen-bond donors (Lipinski definition) is 2. The number of carbonyl (C=O) groups excluding carboxylic acids is 2. The van der Waals surface area contributed by atoms with Crippen LogP contribution in [0, 0.1) is 12.3 Å².